The Morgan fingerprint density at radius 2 is 1.90 bits per heavy atom. The topological polar surface area (TPSA) is 70.4 Å². The third-order valence-corrected chi connectivity index (χ3v) is 5.93. The molecule has 0 unspecified atom stereocenters. The van der Waals surface area contributed by atoms with E-state index in [1.165, 1.54) is 20.3 Å². The number of fused-ring (bicyclic) bond motifs is 1. The van der Waals surface area contributed by atoms with Crippen LogP contribution < -0.4 is 0 Å². The van der Waals surface area contributed by atoms with Crippen molar-refractivity contribution in [1.29, 1.82) is 0 Å². The van der Waals surface area contributed by atoms with Gasteiger partial charge in [0.2, 0.25) is 0 Å². The maximum atomic E-state index is 12.0. The monoisotopic (exact) mass is 546 g/mol. The van der Waals surface area contributed by atoms with Crippen molar-refractivity contribution in [2.24, 2.45) is 0 Å². The first-order valence-electron chi connectivity index (χ1n) is 8.54. The van der Waals surface area contributed by atoms with Gasteiger partial charge in [0.05, 0.1) is 24.8 Å². The molecule has 3 rings (SSSR count). The van der Waals surface area contributed by atoms with Crippen LogP contribution in [0.5, 0.6) is 0 Å². The Labute approximate surface area is 191 Å². The number of methoxy groups -OCH3 is 2. The van der Waals surface area contributed by atoms with E-state index in [-0.39, 0.29) is 17.1 Å². The molecule has 0 N–H and O–H groups in total. The number of carbonyl (C=O) groups is 2. The van der Waals surface area contributed by atoms with Crippen LogP contribution in [-0.4, -0.2) is 35.7 Å². The summed E-state index contributed by atoms with van der Waals surface area (Å²) in [5.74, 6) is -0.947. The number of hydrogen-bond donors (Lipinski definition) is 0. The predicted octanol–water partition coefficient (Wildman–Crippen LogP) is 4.81. The van der Waals surface area contributed by atoms with Crippen LogP contribution in [0.1, 0.15) is 27.2 Å². The number of nitrogens with zero attached hydrogens (tertiary/aromatic N) is 2. The van der Waals surface area contributed by atoms with Gasteiger partial charge < -0.3 is 14.0 Å². The summed E-state index contributed by atoms with van der Waals surface area (Å²) in [4.78, 5) is 28.6. The van der Waals surface area contributed by atoms with Crippen molar-refractivity contribution in [3.8, 4) is 0 Å². The average Bonchev–Trinajstić information content (AvgIpc) is 3.02. The number of carbonyl (C=O) groups excluding carboxylic acids is 2. The highest BCUT2D eigenvalue weighted by Crippen LogP contribution is 2.33. The Hall–Kier alpha value is -1.84. The van der Waals surface area contributed by atoms with Crippen molar-refractivity contribution >= 4 is 68.8 Å². The Morgan fingerprint density at radius 1 is 1.17 bits per heavy atom. The van der Waals surface area contributed by atoms with Crippen LogP contribution in [-0.2, 0) is 27.2 Å². The normalized spacial score (nSPS) is 11.0. The fourth-order valence-corrected chi connectivity index (χ4v) is 4.39. The molecule has 0 radical (unpaired) electrons. The van der Waals surface area contributed by atoms with Gasteiger partial charge in [0.25, 0.3) is 0 Å². The van der Waals surface area contributed by atoms with E-state index < -0.39 is 11.9 Å². The van der Waals surface area contributed by atoms with Gasteiger partial charge in [-0.1, -0.05) is 23.2 Å². The summed E-state index contributed by atoms with van der Waals surface area (Å²) < 4.78 is 12.2. The molecule has 152 valence electrons. The van der Waals surface area contributed by atoms with Crippen LogP contribution in [0.15, 0.2) is 24.3 Å². The molecule has 3 aromatic rings. The van der Waals surface area contributed by atoms with E-state index in [0.29, 0.717) is 22.7 Å². The lowest BCUT2D eigenvalue weighted by Gasteiger charge is -2.13. The molecule has 0 bridgehead atoms. The van der Waals surface area contributed by atoms with Crippen molar-refractivity contribution in [2.75, 3.05) is 14.2 Å². The molecule has 9 heteroatoms. The average molecular weight is 547 g/mol. The van der Waals surface area contributed by atoms with Crippen LogP contribution in [0, 0.1) is 10.6 Å². The molecule has 0 atom stereocenters. The Kier molecular flexibility index (Phi) is 6.70. The Morgan fingerprint density at radius 3 is 2.55 bits per heavy atom. The lowest BCUT2D eigenvalue weighted by Crippen LogP contribution is -2.15. The number of ether oxygens (including phenoxy) is 2. The Bertz CT molecular complexity index is 1130. The summed E-state index contributed by atoms with van der Waals surface area (Å²) in [5.41, 5.74) is 3.27. The van der Waals surface area contributed by atoms with E-state index in [2.05, 4.69) is 27.6 Å². The molecule has 0 aliphatic rings. The number of aromatic nitrogens is 2. The van der Waals surface area contributed by atoms with Gasteiger partial charge in [-0.2, -0.15) is 0 Å². The Balaban J connectivity index is 2.18. The van der Waals surface area contributed by atoms with Gasteiger partial charge in [0.15, 0.2) is 0 Å². The maximum absolute atomic E-state index is 12.0. The summed E-state index contributed by atoms with van der Waals surface area (Å²) in [7, 11) is 2.63. The zero-order valence-electron chi connectivity index (χ0n) is 15.9. The molecule has 0 aliphatic heterocycles. The third kappa shape index (κ3) is 4.36. The van der Waals surface area contributed by atoms with E-state index in [0.717, 1.165) is 20.3 Å². The molecular formula is C20H17Cl2IN2O4. The van der Waals surface area contributed by atoms with E-state index in [1.54, 1.807) is 10.6 Å². The number of benzene rings is 1. The molecule has 1 aromatic carbocycles. The fourth-order valence-electron chi connectivity index (χ4n) is 3.12. The van der Waals surface area contributed by atoms with Gasteiger partial charge in [0.1, 0.15) is 15.9 Å². The van der Waals surface area contributed by atoms with Crippen LogP contribution in [0.2, 0.25) is 10.0 Å². The SMILES string of the molecule is COC(=O)Cn1c(Cc2c(Cl)ccc(C(=O)OC)c2Cl)cc2c(C)cc(I)nc21. The van der Waals surface area contributed by atoms with Crippen LogP contribution in [0.4, 0.5) is 0 Å². The smallest absolute Gasteiger partial charge is 0.339 e. The second-order valence-corrected chi connectivity index (χ2v) is 8.24. The zero-order chi connectivity index (χ0) is 21.3. The quantitative estimate of drug-likeness (QED) is 0.261. The highest BCUT2D eigenvalue weighted by molar-refractivity contribution is 14.1. The first-order valence-corrected chi connectivity index (χ1v) is 10.4. The summed E-state index contributed by atoms with van der Waals surface area (Å²) in [6.07, 6.45) is 0.297. The number of hydrogen-bond acceptors (Lipinski definition) is 5. The lowest BCUT2D eigenvalue weighted by molar-refractivity contribution is -0.141. The lowest BCUT2D eigenvalue weighted by atomic mass is 10.1. The van der Waals surface area contributed by atoms with E-state index in [9.17, 15) is 9.59 Å². The highest BCUT2D eigenvalue weighted by Gasteiger charge is 2.21. The fraction of sp³-hybridized carbons (Fsp3) is 0.250. The minimum absolute atomic E-state index is 0.00615. The molecule has 29 heavy (non-hydrogen) atoms. The third-order valence-electron chi connectivity index (χ3n) is 4.59. The second kappa shape index (κ2) is 8.89. The van der Waals surface area contributed by atoms with Crippen molar-refractivity contribution in [2.45, 2.75) is 19.9 Å². The van der Waals surface area contributed by atoms with Crippen molar-refractivity contribution in [3.05, 3.63) is 60.4 Å². The van der Waals surface area contributed by atoms with Crippen LogP contribution in [0.25, 0.3) is 11.0 Å². The first kappa shape index (κ1) is 21.9. The molecular weight excluding hydrogens is 530 g/mol. The van der Waals surface area contributed by atoms with Crippen molar-refractivity contribution in [3.63, 3.8) is 0 Å². The molecule has 0 saturated carbocycles. The molecule has 0 amide bonds. The van der Waals surface area contributed by atoms with Crippen molar-refractivity contribution < 1.29 is 19.1 Å². The van der Waals surface area contributed by atoms with Gasteiger partial charge >= 0.3 is 11.9 Å². The van der Waals surface area contributed by atoms with Gasteiger partial charge in [0, 0.05) is 22.5 Å². The molecule has 0 aliphatic carbocycles. The summed E-state index contributed by atoms with van der Waals surface area (Å²) in [6, 6.07) is 7.05. The molecule has 0 fully saturated rings. The van der Waals surface area contributed by atoms with E-state index in [1.807, 2.05) is 19.1 Å². The van der Waals surface area contributed by atoms with Crippen molar-refractivity contribution in [1.82, 2.24) is 9.55 Å². The van der Waals surface area contributed by atoms with Gasteiger partial charge in [-0.3, -0.25) is 4.79 Å². The molecule has 2 aromatic heterocycles. The van der Waals surface area contributed by atoms with E-state index in [4.69, 9.17) is 32.7 Å². The van der Waals surface area contributed by atoms with Crippen LogP contribution in [0.3, 0.4) is 0 Å². The van der Waals surface area contributed by atoms with Gasteiger partial charge in [-0.15, -0.1) is 0 Å². The number of pyridine rings is 1. The first-order chi connectivity index (χ1) is 13.8. The standard InChI is InChI=1S/C20H17Cl2IN2O4/c1-10-6-16(23)24-19-13(10)7-11(25(19)9-17(26)28-2)8-14-15(21)5-4-12(18(14)22)20(27)29-3/h4-7H,8-9H2,1-3H3. The van der Waals surface area contributed by atoms with E-state index >= 15 is 0 Å². The zero-order valence-corrected chi connectivity index (χ0v) is 19.6. The highest BCUT2D eigenvalue weighted by atomic mass is 127. The molecule has 0 spiro atoms. The molecule has 6 nitrogen and oxygen atoms in total. The van der Waals surface area contributed by atoms with Gasteiger partial charge in [-0.05, 0) is 64.9 Å². The largest absolute Gasteiger partial charge is 0.468 e. The second-order valence-electron chi connectivity index (χ2n) is 6.35. The summed E-state index contributed by atoms with van der Waals surface area (Å²) in [5, 5.41) is 1.55. The van der Waals surface area contributed by atoms with Gasteiger partial charge in [-0.25, -0.2) is 9.78 Å². The minimum atomic E-state index is -0.546. The minimum Gasteiger partial charge on any atom is -0.468 e. The molecule has 2 heterocycles. The number of esters is 2. The molecule has 0 saturated heterocycles. The van der Waals surface area contributed by atoms with Crippen LogP contribution >= 0.6 is 45.8 Å². The summed E-state index contributed by atoms with van der Waals surface area (Å²) >= 11 is 15.0. The summed E-state index contributed by atoms with van der Waals surface area (Å²) in [6.45, 7) is 1.98. The number of halogens is 3. The maximum Gasteiger partial charge on any atom is 0.339 e. The predicted molar refractivity (Wildman–Crippen MR) is 120 cm³/mol. The number of rotatable bonds is 5. The number of aryl methyl sites for hydroxylation is 1.